The molecule has 1 N–H and O–H groups in total. The van der Waals surface area contributed by atoms with Gasteiger partial charge < -0.3 is 15.1 Å². The van der Waals surface area contributed by atoms with E-state index in [4.69, 9.17) is 11.6 Å². The van der Waals surface area contributed by atoms with Crippen molar-refractivity contribution in [1.29, 1.82) is 0 Å². The molecule has 0 aromatic heterocycles. The highest BCUT2D eigenvalue weighted by Gasteiger charge is 2.41. The minimum absolute atomic E-state index is 0. The maximum absolute atomic E-state index is 12.9. The summed E-state index contributed by atoms with van der Waals surface area (Å²) in [4.78, 5) is 29.3. The van der Waals surface area contributed by atoms with Gasteiger partial charge in [-0.25, -0.2) is 0 Å². The van der Waals surface area contributed by atoms with Crippen molar-refractivity contribution in [1.82, 2.24) is 10.2 Å². The Morgan fingerprint density at radius 2 is 1.92 bits per heavy atom. The molecule has 1 aromatic carbocycles. The summed E-state index contributed by atoms with van der Waals surface area (Å²) in [6.45, 7) is 2.07. The van der Waals surface area contributed by atoms with E-state index in [1.165, 1.54) is 6.42 Å². The van der Waals surface area contributed by atoms with Gasteiger partial charge in [0.25, 0.3) is 0 Å². The number of rotatable bonds is 2. The second-order valence-corrected chi connectivity index (χ2v) is 7.46. The van der Waals surface area contributed by atoms with Crippen molar-refractivity contribution in [3.8, 4) is 0 Å². The topological polar surface area (TPSA) is 52.7 Å². The van der Waals surface area contributed by atoms with Gasteiger partial charge in [0.05, 0.1) is 0 Å². The number of halogens is 2. The van der Waals surface area contributed by atoms with Gasteiger partial charge in [-0.05, 0) is 43.9 Å². The summed E-state index contributed by atoms with van der Waals surface area (Å²) >= 11 is 6.03. The highest BCUT2D eigenvalue weighted by atomic mass is 35.5. The summed E-state index contributed by atoms with van der Waals surface area (Å²) in [5.41, 5.74) is 0.777. The van der Waals surface area contributed by atoms with Crippen molar-refractivity contribution < 1.29 is 9.59 Å². The SMILES string of the molecule is Cl.O=C(C1CCN(c2cccc(Cl)c2)C1=O)N1CCC2CCC(C1)N2. The lowest BCUT2D eigenvalue weighted by Gasteiger charge is -2.26. The fraction of sp³-hybridized carbons (Fsp3) is 0.556. The molecule has 136 valence electrons. The lowest BCUT2D eigenvalue weighted by Crippen LogP contribution is -2.44. The molecule has 2 bridgehead atoms. The Morgan fingerprint density at radius 1 is 1.12 bits per heavy atom. The second kappa shape index (κ2) is 7.52. The smallest absolute Gasteiger partial charge is 0.239 e. The summed E-state index contributed by atoms with van der Waals surface area (Å²) in [7, 11) is 0. The van der Waals surface area contributed by atoms with Gasteiger partial charge in [-0.1, -0.05) is 17.7 Å². The number of benzene rings is 1. The Hall–Kier alpha value is -1.30. The van der Waals surface area contributed by atoms with Crippen LogP contribution >= 0.6 is 24.0 Å². The van der Waals surface area contributed by atoms with Crippen LogP contribution in [0.2, 0.25) is 5.02 Å². The molecule has 3 fully saturated rings. The Bertz CT molecular complexity index is 669. The molecule has 0 saturated carbocycles. The fourth-order valence-electron chi connectivity index (χ4n) is 4.17. The summed E-state index contributed by atoms with van der Waals surface area (Å²) in [5, 5.41) is 4.18. The molecule has 1 aromatic rings. The lowest BCUT2D eigenvalue weighted by molar-refractivity contribution is -0.140. The molecule has 3 saturated heterocycles. The third kappa shape index (κ3) is 3.64. The van der Waals surface area contributed by atoms with Crippen LogP contribution in [0.4, 0.5) is 5.69 Å². The van der Waals surface area contributed by atoms with Crippen LogP contribution in [-0.4, -0.2) is 48.4 Å². The van der Waals surface area contributed by atoms with E-state index < -0.39 is 5.92 Å². The molecule has 3 aliphatic rings. The monoisotopic (exact) mass is 383 g/mol. The molecule has 25 heavy (non-hydrogen) atoms. The van der Waals surface area contributed by atoms with Crippen molar-refractivity contribution in [3.63, 3.8) is 0 Å². The number of hydrogen-bond donors (Lipinski definition) is 1. The molecule has 3 unspecified atom stereocenters. The predicted molar refractivity (Wildman–Crippen MR) is 100 cm³/mol. The van der Waals surface area contributed by atoms with Gasteiger partial charge in [0.1, 0.15) is 5.92 Å². The van der Waals surface area contributed by atoms with Crippen molar-refractivity contribution in [2.75, 3.05) is 24.5 Å². The van der Waals surface area contributed by atoms with Gasteiger partial charge in [-0.2, -0.15) is 0 Å². The quantitative estimate of drug-likeness (QED) is 0.798. The van der Waals surface area contributed by atoms with E-state index in [1.807, 2.05) is 17.0 Å². The molecule has 3 aliphatic heterocycles. The molecule has 5 nitrogen and oxygen atoms in total. The van der Waals surface area contributed by atoms with E-state index in [0.717, 1.165) is 31.6 Å². The highest BCUT2D eigenvalue weighted by molar-refractivity contribution is 6.31. The number of nitrogens with zero attached hydrogens (tertiary/aromatic N) is 2. The van der Waals surface area contributed by atoms with E-state index in [2.05, 4.69) is 5.32 Å². The third-order valence-corrected chi connectivity index (χ3v) is 5.69. The van der Waals surface area contributed by atoms with Gasteiger partial charge in [0.2, 0.25) is 11.8 Å². The molecule has 0 spiro atoms. The number of carbonyl (C=O) groups excluding carboxylic acids is 2. The number of fused-ring (bicyclic) bond motifs is 2. The average molecular weight is 384 g/mol. The molecule has 4 rings (SSSR count). The minimum atomic E-state index is -0.541. The van der Waals surface area contributed by atoms with Crippen molar-refractivity contribution in [2.24, 2.45) is 5.92 Å². The largest absolute Gasteiger partial charge is 0.340 e. The first-order valence-corrected chi connectivity index (χ1v) is 9.11. The number of nitrogens with one attached hydrogen (secondary N) is 1. The molecule has 0 radical (unpaired) electrons. The summed E-state index contributed by atoms with van der Waals surface area (Å²) in [5.74, 6) is -0.635. The van der Waals surface area contributed by atoms with E-state index >= 15 is 0 Å². The number of likely N-dealkylation sites (tertiary alicyclic amines) is 1. The molecule has 7 heteroatoms. The molecule has 3 atom stereocenters. The van der Waals surface area contributed by atoms with Crippen LogP contribution in [0, 0.1) is 5.92 Å². The Kier molecular flexibility index (Phi) is 5.56. The summed E-state index contributed by atoms with van der Waals surface area (Å²) < 4.78 is 0. The van der Waals surface area contributed by atoms with Crippen molar-refractivity contribution in [2.45, 2.75) is 37.8 Å². The number of carbonyl (C=O) groups is 2. The van der Waals surface area contributed by atoms with E-state index in [9.17, 15) is 9.59 Å². The molecule has 2 amide bonds. The lowest BCUT2D eigenvalue weighted by atomic mass is 10.0. The van der Waals surface area contributed by atoms with Crippen LogP contribution in [0.1, 0.15) is 25.7 Å². The Morgan fingerprint density at radius 3 is 2.72 bits per heavy atom. The summed E-state index contributed by atoms with van der Waals surface area (Å²) in [6.07, 6.45) is 3.91. The molecule has 3 heterocycles. The van der Waals surface area contributed by atoms with Crippen LogP contribution in [0.25, 0.3) is 0 Å². The maximum Gasteiger partial charge on any atom is 0.239 e. The van der Waals surface area contributed by atoms with E-state index in [1.54, 1.807) is 17.0 Å². The average Bonchev–Trinajstić information content (AvgIpc) is 3.09. The molecule has 0 aliphatic carbocycles. The first-order chi connectivity index (χ1) is 11.6. The van der Waals surface area contributed by atoms with Gasteiger partial charge in [-0.15, -0.1) is 12.4 Å². The number of anilines is 1. The van der Waals surface area contributed by atoms with Crippen molar-refractivity contribution >= 4 is 41.5 Å². The highest BCUT2D eigenvalue weighted by Crippen LogP contribution is 2.29. The molecular weight excluding hydrogens is 361 g/mol. The normalized spacial score (nSPS) is 28.7. The first kappa shape index (κ1) is 18.5. The van der Waals surface area contributed by atoms with E-state index in [-0.39, 0.29) is 24.2 Å². The third-order valence-electron chi connectivity index (χ3n) is 5.46. The minimum Gasteiger partial charge on any atom is -0.340 e. The zero-order valence-electron chi connectivity index (χ0n) is 14.0. The van der Waals surface area contributed by atoms with Gasteiger partial charge in [-0.3, -0.25) is 9.59 Å². The molecular formula is C18H23Cl2N3O2. The zero-order valence-corrected chi connectivity index (χ0v) is 15.6. The summed E-state index contributed by atoms with van der Waals surface area (Å²) in [6, 6.07) is 8.19. The number of amides is 2. The van der Waals surface area contributed by atoms with Crippen LogP contribution in [-0.2, 0) is 9.59 Å². The van der Waals surface area contributed by atoms with Gasteiger partial charge in [0.15, 0.2) is 0 Å². The Balaban J connectivity index is 0.00000182. The van der Waals surface area contributed by atoms with Gasteiger partial charge >= 0.3 is 0 Å². The second-order valence-electron chi connectivity index (χ2n) is 7.02. The van der Waals surface area contributed by atoms with Crippen LogP contribution in [0.15, 0.2) is 24.3 Å². The first-order valence-electron chi connectivity index (χ1n) is 8.73. The predicted octanol–water partition coefficient (Wildman–Crippen LogP) is 2.47. The van der Waals surface area contributed by atoms with Crippen LogP contribution in [0.3, 0.4) is 0 Å². The van der Waals surface area contributed by atoms with Crippen molar-refractivity contribution in [3.05, 3.63) is 29.3 Å². The van der Waals surface area contributed by atoms with E-state index in [0.29, 0.717) is 30.1 Å². The Labute approximate surface area is 159 Å². The van der Waals surface area contributed by atoms with Crippen LogP contribution < -0.4 is 10.2 Å². The van der Waals surface area contributed by atoms with Crippen LogP contribution in [0.5, 0.6) is 0 Å². The number of hydrogen-bond acceptors (Lipinski definition) is 3. The maximum atomic E-state index is 12.9. The fourth-order valence-corrected chi connectivity index (χ4v) is 4.36. The zero-order chi connectivity index (χ0) is 16.7. The van der Waals surface area contributed by atoms with Gasteiger partial charge in [0, 0.05) is 42.4 Å². The standard InChI is InChI=1S/C18H22ClN3O2.ClH/c19-12-2-1-3-15(10-12)22-9-7-16(18(22)24)17(23)21-8-6-13-4-5-14(11-21)20-13;/h1-3,10,13-14,16,20H,4-9,11H2;1H.